The molecule has 0 bridgehead atoms. The van der Waals surface area contributed by atoms with Gasteiger partial charge in [-0.15, -0.1) is 0 Å². The molecule has 1 fully saturated rings. The Bertz CT molecular complexity index is 1170. The van der Waals surface area contributed by atoms with Crippen molar-refractivity contribution in [3.8, 4) is 0 Å². The number of hydrogen-bond donors (Lipinski definition) is 1. The van der Waals surface area contributed by atoms with Crippen molar-refractivity contribution in [2.24, 2.45) is 0 Å². The maximum Gasteiger partial charge on any atom is 0.262 e. The van der Waals surface area contributed by atoms with Gasteiger partial charge < -0.3 is 15.0 Å². The summed E-state index contributed by atoms with van der Waals surface area (Å²) in [5.74, 6) is -1.32. The second-order valence-electron chi connectivity index (χ2n) is 7.47. The van der Waals surface area contributed by atoms with Crippen molar-refractivity contribution >= 4 is 50.1 Å². The molecule has 2 aliphatic heterocycles. The van der Waals surface area contributed by atoms with E-state index in [1.165, 1.54) is 0 Å². The molecule has 8 nitrogen and oxygen atoms in total. The molecule has 0 aliphatic carbocycles. The van der Waals surface area contributed by atoms with Gasteiger partial charge in [0.25, 0.3) is 11.8 Å². The molecule has 2 aromatic carbocycles. The number of hydrogen-bond acceptors (Lipinski definition) is 7. The summed E-state index contributed by atoms with van der Waals surface area (Å²) in [4.78, 5) is 46.0. The third-order valence-corrected chi connectivity index (χ3v) is 6.60. The lowest BCUT2D eigenvalue weighted by atomic mass is 10.1. The molecule has 0 spiro atoms. The van der Waals surface area contributed by atoms with E-state index in [1.54, 1.807) is 48.6 Å². The van der Waals surface area contributed by atoms with E-state index in [-0.39, 0.29) is 0 Å². The fourth-order valence-electron chi connectivity index (χ4n) is 3.80. The minimum atomic E-state index is -0.937. The van der Waals surface area contributed by atoms with Gasteiger partial charge >= 0.3 is 0 Å². The van der Waals surface area contributed by atoms with Gasteiger partial charge in [-0.05, 0) is 37.3 Å². The number of thiazole rings is 1. The Balaban J connectivity index is 1.33. The van der Waals surface area contributed by atoms with E-state index in [1.807, 2.05) is 12.1 Å². The summed E-state index contributed by atoms with van der Waals surface area (Å²) in [5, 5.41) is 3.76. The lowest BCUT2D eigenvalue weighted by Crippen LogP contribution is -2.45. The molecular weight excluding hydrogens is 416 g/mol. The van der Waals surface area contributed by atoms with Crippen LogP contribution in [-0.2, 0) is 9.53 Å². The van der Waals surface area contributed by atoms with Gasteiger partial charge in [0.05, 0.1) is 34.6 Å². The molecule has 1 atom stereocenters. The number of carbonyl (C=O) groups excluding carboxylic acids is 3. The van der Waals surface area contributed by atoms with Gasteiger partial charge in [-0.1, -0.05) is 23.5 Å². The highest BCUT2D eigenvalue weighted by molar-refractivity contribution is 7.22. The number of carbonyl (C=O) groups is 3. The van der Waals surface area contributed by atoms with Crippen molar-refractivity contribution in [3.63, 3.8) is 0 Å². The Morgan fingerprint density at radius 3 is 2.45 bits per heavy atom. The van der Waals surface area contributed by atoms with Gasteiger partial charge in [0.15, 0.2) is 5.13 Å². The number of imide groups is 1. The SMILES string of the molecule is C[C@@H](C(=O)Nc1ccc2nc(N3CCOCC3)sc2c1)N1C(=O)c2ccccc2C1=O. The zero-order valence-corrected chi connectivity index (χ0v) is 17.6. The lowest BCUT2D eigenvalue weighted by molar-refractivity contribution is -0.119. The van der Waals surface area contributed by atoms with E-state index in [0.717, 1.165) is 33.3 Å². The maximum absolute atomic E-state index is 12.8. The highest BCUT2D eigenvalue weighted by atomic mass is 32.1. The summed E-state index contributed by atoms with van der Waals surface area (Å²) in [6.07, 6.45) is 0. The Morgan fingerprint density at radius 1 is 1.10 bits per heavy atom. The molecule has 5 rings (SSSR count). The van der Waals surface area contributed by atoms with Gasteiger partial charge in [0.1, 0.15) is 6.04 Å². The van der Waals surface area contributed by atoms with Gasteiger partial charge in [-0.3, -0.25) is 19.3 Å². The molecule has 0 unspecified atom stereocenters. The largest absolute Gasteiger partial charge is 0.378 e. The molecular formula is C22H20N4O4S. The molecule has 1 saturated heterocycles. The molecule has 0 radical (unpaired) electrons. The van der Waals surface area contributed by atoms with Crippen LogP contribution in [0.25, 0.3) is 10.2 Å². The number of nitrogens with one attached hydrogen (secondary N) is 1. The van der Waals surface area contributed by atoms with Crippen LogP contribution < -0.4 is 10.2 Å². The molecule has 0 saturated carbocycles. The van der Waals surface area contributed by atoms with Crippen LogP contribution in [0.5, 0.6) is 0 Å². The number of rotatable bonds is 4. The number of anilines is 2. The highest BCUT2D eigenvalue weighted by Crippen LogP contribution is 2.31. The smallest absolute Gasteiger partial charge is 0.262 e. The minimum absolute atomic E-state index is 0.328. The quantitative estimate of drug-likeness (QED) is 0.633. The third-order valence-electron chi connectivity index (χ3n) is 5.52. The van der Waals surface area contributed by atoms with E-state index in [2.05, 4.69) is 15.2 Å². The van der Waals surface area contributed by atoms with Crippen molar-refractivity contribution in [1.82, 2.24) is 9.88 Å². The summed E-state index contributed by atoms with van der Waals surface area (Å²) in [7, 11) is 0. The van der Waals surface area contributed by atoms with Crippen molar-refractivity contribution in [2.75, 3.05) is 36.5 Å². The fourth-order valence-corrected chi connectivity index (χ4v) is 4.86. The summed E-state index contributed by atoms with van der Waals surface area (Å²) in [5.41, 5.74) is 2.11. The molecule has 1 N–H and O–H groups in total. The van der Waals surface area contributed by atoms with Crippen LogP contribution in [0.2, 0.25) is 0 Å². The predicted octanol–water partition coefficient (Wildman–Crippen LogP) is 2.76. The number of aromatic nitrogens is 1. The van der Waals surface area contributed by atoms with E-state index in [9.17, 15) is 14.4 Å². The van der Waals surface area contributed by atoms with Crippen LogP contribution in [0.15, 0.2) is 42.5 Å². The average Bonchev–Trinajstić information content (AvgIpc) is 3.33. The third kappa shape index (κ3) is 3.45. The molecule has 9 heteroatoms. The van der Waals surface area contributed by atoms with Crippen molar-refractivity contribution in [3.05, 3.63) is 53.6 Å². The first-order valence-electron chi connectivity index (χ1n) is 10.0. The first-order chi connectivity index (χ1) is 15.0. The lowest BCUT2D eigenvalue weighted by Gasteiger charge is -2.25. The molecule has 3 amide bonds. The molecule has 3 aromatic rings. The maximum atomic E-state index is 12.8. The van der Waals surface area contributed by atoms with Gasteiger partial charge in [0, 0.05) is 18.8 Å². The van der Waals surface area contributed by atoms with Crippen LogP contribution in [0.1, 0.15) is 27.6 Å². The number of morpholine rings is 1. The Labute approximate surface area is 182 Å². The number of benzene rings is 2. The Morgan fingerprint density at radius 2 is 1.77 bits per heavy atom. The molecule has 31 heavy (non-hydrogen) atoms. The average molecular weight is 436 g/mol. The Hall–Kier alpha value is -3.30. The van der Waals surface area contributed by atoms with Crippen molar-refractivity contribution in [2.45, 2.75) is 13.0 Å². The van der Waals surface area contributed by atoms with Crippen LogP contribution >= 0.6 is 11.3 Å². The number of ether oxygens (including phenoxy) is 1. The Kier molecular flexibility index (Phi) is 4.91. The zero-order valence-electron chi connectivity index (χ0n) is 16.8. The van der Waals surface area contributed by atoms with Crippen molar-refractivity contribution in [1.29, 1.82) is 0 Å². The molecule has 1 aromatic heterocycles. The molecule has 2 aliphatic rings. The summed E-state index contributed by atoms with van der Waals surface area (Å²) in [6.45, 7) is 4.54. The van der Waals surface area contributed by atoms with Gasteiger partial charge in [-0.25, -0.2) is 4.98 Å². The normalized spacial score (nSPS) is 17.2. The predicted molar refractivity (Wildman–Crippen MR) is 118 cm³/mol. The summed E-state index contributed by atoms with van der Waals surface area (Å²) < 4.78 is 6.35. The van der Waals surface area contributed by atoms with Crippen LogP contribution in [0.4, 0.5) is 10.8 Å². The molecule has 158 valence electrons. The zero-order chi connectivity index (χ0) is 21.5. The van der Waals surface area contributed by atoms with E-state index >= 15 is 0 Å². The van der Waals surface area contributed by atoms with Crippen LogP contribution in [-0.4, -0.2) is 60.0 Å². The van der Waals surface area contributed by atoms with E-state index < -0.39 is 23.8 Å². The first kappa shape index (κ1) is 19.7. The minimum Gasteiger partial charge on any atom is -0.378 e. The summed E-state index contributed by atoms with van der Waals surface area (Å²) in [6, 6.07) is 11.2. The monoisotopic (exact) mass is 436 g/mol. The van der Waals surface area contributed by atoms with Crippen LogP contribution in [0.3, 0.4) is 0 Å². The second-order valence-corrected chi connectivity index (χ2v) is 8.48. The van der Waals surface area contributed by atoms with Crippen molar-refractivity contribution < 1.29 is 19.1 Å². The van der Waals surface area contributed by atoms with Gasteiger partial charge in [-0.2, -0.15) is 0 Å². The first-order valence-corrected chi connectivity index (χ1v) is 10.9. The summed E-state index contributed by atoms with van der Waals surface area (Å²) >= 11 is 1.56. The van der Waals surface area contributed by atoms with Gasteiger partial charge in [0.2, 0.25) is 5.91 Å². The second kappa shape index (κ2) is 7.75. The standard InChI is InChI=1S/C22H20N4O4S/c1-13(26-20(28)15-4-2-3-5-16(15)21(26)29)19(27)23-14-6-7-17-18(12-14)31-22(24-17)25-8-10-30-11-9-25/h2-7,12-13H,8-11H2,1H3,(H,23,27)/t13-/m0/s1. The number of nitrogens with zero attached hydrogens (tertiary/aromatic N) is 3. The fraction of sp³-hybridized carbons (Fsp3) is 0.273. The number of amides is 3. The highest BCUT2D eigenvalue weighted by Gasteiger charge is 2.40. The number of fused-ring (bicyclic) bond motifs is 2. The van der Waals surface area contributed by atoms with Crippen LogP contribution in [0, 0.1) is 0 Å². The van der Waals surface area contributed by atoms with E-state index in [4.69, 9.17) is 4.74 Å². The molecule has 3 heterocycles. The topological polar surface area (TPSA) is 91.8 Å². The van der Waals surface area contributed by atoms with E-state index in [0.29, 0.717) is 30.0 Å².